The summed E-state index contributed by atoms with van der Waals surface area (Å²) in [5, 5.41) is 6.79. The van der Waals surface area contributed by atoms with Gasteiger partial charge in [0.2, 0.25) is 0 Å². The predicted octanol–water partition coefficient (Wildman–Crippen LogP) is 7.01. The van der Waals surface area contributed by atoms with Gasteiger partial charge in [0.15, 0.2) is 0 Å². The second-order valence-electron chi connectivity index (χ2n) is 9.90. The summed E-state index contributed by atoms with van der Waals surface area (Å²) < 4.78 is 5.38. The van der Waals surface area contributed by atoms with E-state index in [1.165, 1.54) is 43.8 Å². The van der Waals surface area contributed by atoms with Crippen LogP contribution in [0.3, 0.4) is 0 Å². The standard InChI is InChI=1S/C30H36N5OPS/c1-21-29-24(9-12-32-21)18-28(25-17-27(36-2)20-31-19-25)34-30(29)33-26-7-5-22(6-8-26)23-10-13-35(14-11-23)15-16-38-37(3)4/h5-9,12,17-20,23,32H,1,10-11,13-16H2,2-4H3,(H,33,34). The monoisotopic (exact) mass is 545 g/mol. The van der Waals surface area contributed by atoms with Crippen molar-refractivity contribution in [2.45, 2.75) is 18.8 Å². The predicted molar refractivity (Wildman–Crippen MR) is 165 cm³/mol. The first-order valence-corrected chi connectivity index (χ1v) is 16.9. The molecule has 2 N–H and O–H groups in total. The number of ether oxygens (including phenoxy) is 1. The highest BCUT2D eigenvalue weighted by Crippen LogP contribution is 2.41. The van der Waals surface area contributed by atoms with Crippen LogP contribution < -0.4 is 15.4 Å². The maximum Gasteiger partial charge on any atom is 0.141 e. The molecule has 2 aliphatic heterocycles. The van der Waals surface area contributed by atoms with E-state index in [2.05, 4.69) is 82.1 Å². The molecule has 38 heavy (non-hydrogen) atoms. The van der Waals surface area contributed by atoms with E-state index < -0.39 is 0 Å². The molecular formula is C30H36N5OPS. The number of likely N-dealkylation sites (tertiary alicyclic amines) is 1. The van der Waals surface area contributed by atoms with Crippen LogP contribution in [0.4, 0.5) is 11.5 Å². The Kier molecular flexibility index (Phi) is 8.68. The van der Waals surface area contributed by atoms with Crippen LogP contribution >= 0.6 is 18.5 Å². The van der Waals surface area contributed by atoms with Gasteiger partial charge in [0.25, 0.3) is 0 Å². The number of hydrogen-bond acceptors (Lipinski definition) is 7. The Morgan fingerprint density at radius 3 is 2.68 bits per heavy atom. The summed E-state index contributed by atoms with van der Waals surface area (Å²) in [6.45, 7) is 12.5. The molecule has 2 aliphatic rings. The third-order valence-corrected chi connectivity index (χ3v) is 10.1. The van der Waals surface area contributed by atoms with E-state index in [0.717, 1.165) is 39.6 Å². The molecular weight excluding hydrogens is 509 g/mol. The lowest BCUT2D eigenvalue weighted by molar-refractivity contribution is 0.224. The van der Waals surface area contributed by atoms with Gasteiger partial charge in [-0.3, -0.25) is 4.98 Å². The van der Waals surface area contributed by atoms with E-state index >= 15 is 0 Å². The first-order valence-electron chi connectivity index (χ1n) is 13.1. The van der Waals surface area contributed by atoms with Crippen molar-refractivity contribution in [1.82, 2.24) is 20.2 Å². The van der Waals surface area contributed by atoms with E-state index in [0.29, 0.717) is 11.7 Å². The molecule has 4 heterocycles. The average molecular weight is 546 g/mol. The van der Waals surface area contributed by atoms with Gasteiger partial charge in [-0.15, -0.1) is 11.4 Å². The summed E-state index contributed by atoms with van der Waals surface area (Å²) in [5.74, 6) is 3.36. The Bertz CT molecular complexity index is 1300. The Labute approximate surface area is 231 Å². The maximum atomic E-state index is 5.38. The lowest BCUT2D eigenvalue weighted by atomic mass is 9.89. The SMILES string of the molecule is C=C1NC=Cc2cc(-c3cncc(OC)c3)nc(Nc3ccc(C4CCN(CCSP(C)C)CC4)cc3)c21. The number of fused-ring (bicyclic) bond motifs is 1. The van der Waals surface area contributed by atoms with Gasteiger partial charge in [0.1, 0.15) is 11.6 Å². The molecule has 0 aliphatic carbocycles. The summed E-state index contributed by atoms with van der Waals surface area (Å²) in [5.41, 5.74) is 7.02. The smallest absolute Gasteiger partial charge is 0.141 e. The molecule has 8 heteroatoms. The van der Waals surface area contributed by atoms with Gasteiger partial charge in [-0.25, -0.2) is 4.98 Å². The molecule has 0 amide bonds. The number of methoxy groups -OCH3 is 1. The summed E-state index contributed by atoms with van der Waals surface area (Å²) in [6.07, 6.45) is 9.93. The fourth-order valence-electron chi connectivity index (χ4n) is 5.04. The second-order valence-corrected chi connectivity index (χ2v) is 15.2. The minimum Gasteiger partial charge on any atom is -0.495 e. The zero-order valence-corrected chi connectivity index (χ0v) is 24.1. The first-order chi connectivity index (χ1) is 18.5. The van der Waals surface area contributed by atoms with Crippen molar-refractivity contribution in [3.63, 3.8) is 0 Å². The summed E-state index contributed by atoms with van der Waals surface area (Å²) in [7, 11) is 1.79. The molecule has 0 unspecified atom stereocenters. The summed E-state index contributed by atoms with van der Waals surface area (Å²) >= 11 is 2.12. The zero-order chi connectivity index (χ0) is 26.5. The van der Waals surface area contributed by atoms with Crippen LogP contribution in [0.15, 0.2) is 61.6 Å². The fraction of sp³-hybridized carbons (Fsp3) is 0.333. The molecule has 3 aromatic rings. The molecule has 0 saturated carbocycles. The molecule has 0 spiro atoms. The average Bonchev–Trinajstić information content (AvgIpc) is 2.93. The topological polar surface area (TPSA) is 62.3 Å². The molecule has 0 bridgehead atoms. The fourth-order valence-corrected chi connectivity index (χ4v) is 7.09. The van der Waals surface area contributed by atoms with Crippen LogP contribution in [-0.2, 0) is 0 Å². The molecule has 1 aromatic carbocycles. The van der Waals surface area contributed by atoms with Crippen molar-refractivity contribution in [2.75, 3.05) is 51.1 Å². The van der Waals surface area contributed by atoms with Gasteiger partial charge < -0.3 is 20.3 Å². The van der Waals surface area contributed by atoms with Gasteiger partial charge in [-0.1, -0.05) is 25.8 Å². The number of hydrogen-bond donors (Lipinski definition) is 2. The van der Waals surface area contributed by atoms with Crippen LogP contribution in [0.2, 0.25) is 0 Å². The Morgan fingerprint density at radius 2 is 1.95 bits per heavy atom. The maximum absolute atomic E-state index is 5.38. The quantitative estimate of drug-likeness (QED) is 0.281. The van der Waals surface area contributed by atoms with Gasteiger partial charge in [0, 0.05) is 47.2 Å². The van der Waals surface area contributed by atoms with Gasteiger partial charge >= 0.3 is 0 Å². The molecule has 0 radical (unpaired) electrons. The van der Waals surface area contributed by atoms with E-state index in [1.807, 2.05) is 24.5 Å². The van der Waals surface area contributed by atoms with Crippen molar-refractivity contribution >= 4 is 41.8 Å². The lowest BCUT2D eigenvalue weighted by Gasteiger charge is -2.32. The van der Waals surface area contributed by atoms with Crippen LogP contribution in [-0.4, -0.2) is 60.7 Å². The Balaban J connectivity index is 1.31. The highest BCUT2D eigenvalue weighted by molar-refractivity contribution is 8.55. The lowest BCUT2D eigenvalue weighted by Crippen LogP contribution is -2.34. The Morgan fingerprint density at radius 1 is 1.16 bits per heavy atom. The zero-order valence-electron chi connectivity index (χ0n) is 22.4. The van der Waals surface area contributed by atoms with E-state index in [1.54, 1.807) is 13.3 Å². The number of anilines is 2. The van der Waals surface area contributed by atoms with Gasteiger partial charge in [-0.05, 0) is 86.6 Å². The minimum atomic E-state index is 0.144. The molecule has 1 saturated heterocycles. The third-order valence-electron chi connectivity index (χ3n) is 7.11. The van der Waals surface area contributed by atoms with Crippen LogP contribution in [0.25, 0.3) is 23.0 Å². The second kappa shape index (κ2) is 12.3. The largest absolute Gasteiger partial charge is 0.495 e. The molecule has 2 aromatic heterocycles. The number of nitrogens with one attached hydrogen (secondary N) is 2. The highest BCUT2D eigenvalue weighted by Gasteiger charge is 2.21. The highest BCUT2D eigenvalue weighted by atomic mass is 32.7. The van der Waals surface area contributed by atoms with Crippen LogP contribution in [0, 0.1) is 0 Å². The molecule has 198 valence electrons. The van der Waals surface area contributed by atoms with E-state index in [9.17, 15) is 0 Å². The van der Waals surface area contributed by atoms with Crippen molar-refractivity contribution < 1.29 is 4.74 Å². The number of nitrogens with zero attached hydrogens (tertiary/aromatic N) is 3. The molecule has 6 nitrogen and oxygen atoms in total. The van der Waals surface area contributed by atoms with Crippen molar-refractivity contribution in [3.05, 3.63) is 78.3 Å². The van der Waals surface area contributed by atoms with E-state index in [4.69, 9.17) is 9.72 Å². The summed E-state index contributed by atoms with van der Waals surface area (Å²) in [4.78, 5) is 11.9. The van der Waals surface area contributed by atoms with Crippen LogP contribution in [0.1, 0.15) is 35.4 Å². The normalized spacial score (nSPS) is 15.8. The van der Waals surface area contributed by atoms with Gasteiger partial charge in [-0.2, -0.15) is 0 Å². The number of pyridine rings is 2. The Hall–Kier alpha value is -2.86. The van der Waals surface area contributed by atoms with Crippen LogP contribution in [0.5, 0.6) is 5.75 Å². The molecule has 0 atom stereocenters. The molecule has 5 rings (SSSR count). The van der Waals surface area contributed by atoms with Crippen molar-refractivity contribution in [1.29, 1.82) is 0 Å². The molecule has 1 fully saturated rings. The minimum absolute atomic E-state index is 0.144. The van der Waals surface area contributed by atoms with Crippen molar-refractivity contribution in [3.8, 4) is 17.0 Å². The summed E-state index contributed by atoms with van der Waals surface area (Å²) in [6, 6.07) is 12.9. The first kappa shape index (κ1) is 26.7. The number of piperidine rings is 1. The van der Waals surface area contributed by atoms with Gasteiger partial charge in [0.05, 0.1) is 19.0 Å². The number of aromatic nitrogens is 2. The number of benzene rings is 1. The number of rotatable bonds is 9. The van der Waals surface area contributed by atoms with Crippen molar-refractivity contribution in [2.24, 2.45) is 0 Å². The third kappa shape index (κ3) is 6.40. The van der Waals surface area contributed by atoms with E-state index in [-0.39, 0.29) is 7.12 Å².